The van der Waals surface area contributed by atoms with Crippen LogP contribution >= 0.6 is 0 Å². The predicted octanol–water partition coefficient (Wildman–Crippen LogP) is 1.23. The van der Waals surface area contributed by atoms with E-state index in [1.165, 1.54) is 0 Å². The van der Waals surface area contributed by atoms with Gasteiger partial charge in [-0.05, 0) is 32.7 Å². The summed E-state index contributed by atoms with van der Waals surface area (Å²) in [6.45, 7) is 2.93. The molecule has 0 saturated heterocycles. The van der Waals surface area contributed by atoms with Crippen LogP contribution in [-0.4, -0.2) is 19.1 Å². The summed E-state index contributed by atoms with van der Waals surface area (Å²) in [7, 11) is 0. The van der Waals surface area contributed by atoms with E-state index in [0.717, 1.165) is 19.3 Å². The second-order valence-corrected chi connectivity index (χ2v) is 3.36. The lowest BCUT2D eigenvalue weighted by Crippen LogP contribution is -2.16. The molecule has 0 radical (unpaired) electrons. The van der Waals surface area contributed by atoms with E-state index in [9.17, 15) is 4.79 Å². The molecule has 0 unspecified atom stereocenters. The van der Waals surface area contributed by atoms with Gasteiger partial charge in [0.2, 0.25) is 0 Å². The minimum atomic E-state index is -0.287. The molecule has 13 heavy (non-hydrogen) atoms. The summed E-state index contributed by atoms with van der Waals surface area (Å²) in [6.07, 6.45) is 6.61. The molecule has 0 aromatic heterocycles. The van der Waals surface area contributed by atoms with Gasteiger partial charge in [-0.25, -0.2) is 0 Å². The van der Waals surface area contributed by atoms with Gasteiger partial charge in [-0.1, -0.05) is 12.2 Å². The van der Waals surface area contributed by atoms with Crippen LogP contribution in [0.2, 0.25) is 0 Å². The third-order valence-corrected chi connectivity index (χ3v) is 2.24. The third-order valence-electron chi connectivity index (χ3n) is 2.24. The van der Waals surface area contributed by atoms with E-state index in [0.29, 0.717) is 13.2 Å². The third kappa shape index (κ3) is 2.56. The molecule has 1 aliphatic carbocycles. The number of nitrogens with two attached hydrogens (primary N) is 1. The van der Waals surface area contributed by atoms with Crippen molar-refractivity contribution in [2.24, 2.45) is 11.1 Å². The van der Waals surface area contributed by atoms with Crippen LogP contribution in [0.3, 0.4) is 0 Å². The second-order valence-electron chi connectivity index (χ2n) is 3.36. The Hall–Kier alpha value is -0.830. The molecule has 3 heteroatoms. The lowest BCUT2D eigenvalue weighted by Gasteiger charge is -2.07. The van der Waals surface area contributed by atoms with Gasteiger partial charge in [0.25, 0.3) is 0 Å². The van der Waals surface area contributed by atoms with Crippen molar-refractivity contribution in [3.8, 4) is 0 Å². The molecule has 0 aliphatic heterocycles. The van der Waals surface area contributed by atoms with Gasteiger partial charge in [-0.15, -0.1) is 0 Å². The Kier molecular flexibility index (Phi) is 3.48. The van der Waals surface area contributed by atoms with Gasteiger partial charge in [0.05, 0.1) is 12.0 Å². The highest BCUT2D eigenvalue weighted by atomic mass is 16.5. The Bertz CT molecular complexity index is 207. The summed E-state index contributed by atoms with van der Waals surface area (Å²) >= 11 is 0. The van der Waals surface area contributed by atoms with Crippen molar-refractivity contribution < 1.29 is 9.53 Å². The number of rotatable bonds is 5. The lowest BCUT2D eigenvalue weighted by molar-refractivity contribution is -0.147. The van der Waals surface area contributed by atoms with Gasteiger partial charge in [-0.3, -0.25) is 4.79 Å². The predicted molar refractivity (Wildman–Crippen MR) is 51.1 cm³/mol. The van der Waals surface area contributed by atoms with Crippen LogP contribution in [0.15, 0.2) is 12.2 Å². The molecule has 3 nitrogen and oxygen atoms in total. The summed E-state index contributed by atoms with van der Waals surface area (Å²) in [5.41, 5.74) is 5.06. The first kappa shape index (κ1) is 10.3. The SMILES string of the molecule is CCOC(=O)C1(/C=C\CCN)CC1. The second kappa shape index (κ2) is 4.42. The number of carbonyl (C=O) groups excluding carboxylic acids is 1. The number of hydrogen-bond acceptors (Lipinski definition) is 3. The van der Waals surface area contributed by atoms with Crippen molar-refractivity contribution in [1.82, 2.24) is 0 Å². The van der Waals surface area contributed by atoms with Crippen LogP contribution in [0.5, 0.6) is 0 Å². The zero-order chi connectivity index (χ0) is 9.73. The molecule has 0 bridgehead atoms. The molecule has 0 heterocycles. The molecule has 0 aromatic rings. The molecule has 1 fully saturated rings. The maximum absolute atomic E-state index is 11.4. The quantitative estimate of drug-likeness (QED) is 0.515. The highest BCUT2D eigenvalue weighted by molar-refractivity contribution is 5.82. The molecule has 1 saturated carbocycles. The number of ether oxygens (including phenoxy) is 1. The minimum Gasteiger partial charge on any atom is -0.465 e. The summed E-state index contributed by atoms with van der Waals surface area (Å²) < 4.78 is 4.98. The average Bonchev–Trinajstić information content (AvgIpc) is 2.87. The highest BCUT2D eigenvalue weighted by Gasteiger charge is 2.48. The zero-order valence-electron chi connectivity index (χ0n) is 8.08. The molecule has 1 rings (SSSR count). The first-order valence-corrected chi connectivity index (χ1v) is 4.80. The van der Waals surface area contributed by atoms with Gasteiger partial charge in [-0.2, -0.15) is 0 Å². The normalized spacial score (nSPS) is 18.9. The molecule has 0 spiro atoms. The van der Waals surface area contributed by atoms with Crippen LogP contribution in [0.25, 0.3) is 0 Å². The van der Waals surface area contributed by atoms with E-state index in [4.69, 9.17) is 10.5 Å². The maximum Gasteiger partial charge on any atom is 0.315 e. The molecular weight excluding hydrogens is 166 g/mol. The van der Waals surface area contributed by atoms with Crippen LogP contribution in [0.1, 0.15) is 26.2 Å². The first-order chi connectivity index (χ1) is 6.25. The maximum atomic E-state index is 11.4. The molecule has 1 aliphatic rings. The van der Waals surface area contributed by atoms with Crippen molar-refractivity contribution in [2.45, 2.75) is 26.2 Å². The first-order valence-electron chi connectivity index (χ1n) is 4.80. The van der Waals surface area contributed by atoms with Crippen LogP contribution in [0.4, 0.5) is 0 Å². The van der Waals surface area contributed by atoms with E-state index in [-0.39, 0.29) is 11.4 Å². The van der Waals surface area contributed by atoms with Gasteiger partial charge in [0.1, 0.15) is 0 Å². The molecule has 2 N–H and O–H groups in total. The van der Waals surface area contributed by atoms with Gasteiger partial charge >= 0.3 is 5.97 Å². The van der Waals surface area contributed by atoms with E-state index in [2.05, 4.69) is 0 Å². The van der Waals surface area contributed by atoms with Crippen molar-refractivity contribution in [3.05, 3.63) is 12.2 Å². The van der Waals surface area contributed by atoms with E-state index in [1.807, 2.05) is 19.1 Å². The van der Waals surface area contributed by atoms with Gasteiger partial charge < -0.3 is 10.5 Å². The lowest BCUT2D eigenvalue weighted by atomic mass is 10.1. The van der Waals surface area contributed by atoms with E-state index in [1.54, 1.807) is 0 Å². The Morgan fingerprint density at radius 2 is 2.31 bits per heavy atom. The van der Waals surface area contributed by atoms with Crippen molar-refractivity contribution >= 4 is 5.97 Å². The average molecular weight is 183 g/mol. The fraction of sp³-hybridized carbons (Fsp3) is 0.700. The standard InChI is InChI=1S/C10H17NO2/c1-2-13-9(12)10(6-7-10)5-3-4-8-11/h3,5H,2,4,6-8,11H2,1H3/b5-3-. The van der Waals surface area contributed by atoms with E-state index >= 15 is 0 Å². The fourth-order valence-corrected chi connectivity index (χ4v) is 1.25. The smallest absolute Gasteiger partial charge is 0.315 e. The van der Waals surface area contributed by atoms with Crippen molar-refractivity contribution in [2.75, 3.05) is 13.2 Å². The molecular formula is C10H17NO2. The Balaban J connectivity index is 2.42. The van der Waals surface area contributed by atoms with Crippen molar-refractivity contribution in [3.63, 3.8) is 0 Å². The summed E-state index contributed by atoms with van der Waals surface area (Å²) in [5.74, 6) is -0.0803. The Morgan fingerprint density at radius 1 is 1.62 bits per heavy atom. The Morgan fingerprint density at radius 3 is 2.77 bits per heavy atom. The van der Waals surface area contributed by atoms with Gasteiger partial charge in [0.15, 0.2) is 0 Å². The highest BCUT2D eigenvalue weighted by Crippen LogP contribution is 2.48. The monoisotopic (exact) mass is 183 g/mol. The summed E-state index contributed by atoms with van der Waals surface area (Å²) in [6, 6.07) is 0. The number of esters is 1. The van der Waals surface area contributed by atoms with Crippen LogP contribution in [-0.2, 0) is 9.53 Å². The molecule has 0 atom stereocenters. The minimum absolute atomic E-state index is 0.0803. The number of hydrogen-bond donors (Lipinski definition) is 1. The van der Waals surface area contributed by atoms with Crippen LogP contribution in [0, 0.1) is 5.41 Å². The largest absolute Gasteiger partial charge is 0.465 e. The van der Waals surface area contributed by atoms with Crippen molar-refractivity contribution in [1.29, 1.82) is 0 Å². The molecule has 74 valence electrons. The zero-order valence-corrected chi connectivity index (χ0v) is 8.08. The fourth-order valence-electron chi connectivity index (χ4n) is 1.25. The topological polar surface area (TPSA) is 52.3 Å². The van der Waals surface area contributed by atoms with Gasteiger partial charge in [0, 0.05) is 0 Å². The number of carbonyl (C=O) groups is 1. The molecule has 0 aromatic carbocycles. The van der Waals surface area contributed by atoms with E-state index < -0.39 is 0 Å². The molecule has 0 amide bonds. The summed E-state index contributed by atoms with van der Waals surface area (Å²) in [4.78, 5) is 11.4. The van der Waals surface area contributed by atoms with Crippen LogP contribution < -0.4 is 5.73 Å². The summed E-state index contributed by atoms with van der Waals surface area (Å²) in [5, 5.41) is 0. The Labute approximate surface area is 78.9 Å².